The molecule has 1 atom stereocenters. The Hall–Kier alpha value is -3.54. The predicted molar refractivity (Wildman–Crippen MR) is 125 cm³/mol. The Morgan fingerprint density at radius 2 is 1.88 bits per heavy atom. The molecule has 32 heavy (non-hydrogen) atoms. The molecule has 1 aliphatic heterocycles. The highest BCUT2D eigenvalue weighted by Gasteiger charge is 2.46. The lowest BCUT2D eigenvalue weighted by molar-refractivity contribution is -0.139. The van der Waals surface area contributed by atoms with Gasteiger partial charge in [0.15, 0.2) is 0 Å². The molecule has 1 aliphatic rings. The molecule has 166 valence electrons. The largest absolute Gasteiger partial charge is 0.507 e. The van der Waals surface area contributed by atoms with Gasteiger partial charge in [0.05, 0.1) is 18.2 Å². The summed E-state index contributed by atoms with van der Waals surface area (Å²) in [6, 6.07) is 12.5. The molecule has 3 aromatic rings. The Bertz CT molecular complexity index is 1240. The Morgan fingerprint density at radius 3 is 2.56 bits per heavy atom. The first kappa shape index (κ1) is 21.7. The number of para-hydroxylation sites is 1. The molecule has 1 N–H and O–H groups in total. The summed E-state index contributed by atoms with van der Waals surface area (Å²) in [6.07, 6.45) is 2.65. The number of aryl methyl sites for hydroxylation is 2. The molecule has 0 aliphatic carbocycles. The van der Waals surface area contributed by atoms with E-state index in [0.29, 0.717) is 25.1 Å². The van der Waals surface area contributed by atoms with Crippen molar-refractivity contribution in [3.63, 3.8) is 0 Å². The highest BCUT2D eigenvalue weighted by molar-refractivity contribution is 6.46. The molecule has 0 bridgehead atoms. The van der Waals surface area contributed by atoms with E-state index < -0.39 is 17.7 Å². The second kappa shape index (κ2) is 8.54. The van der Waals surface area contributed by atoms with Crippen molar-refractivity contribution in [2.24, 2.45) is 7.05 Å². The molecule has 2 aromatic carbocycles. The number of nitrogens with zero attached hydrogens (tertiary/aromatic N) is 2. The Kier molecular flexibility index (Phi) is 5.78. The number of likely N-dealkylation sites (tertiary alicyclic amines) is 1. The van der Waals surface area contributed by atoms with Gasteiger partial charge in [0.1, 0.15) is 11.5 Å². The fourth-order valence-electron chi connectivity index (χ4n) is 4.54. The van der Waals surface area contributed by atoms with Gasteiger partial charge in [0.25, 0.3) is 11.7 Å². The van der Waals surface area contributed by atoms with Crippen LogP contribution in [0.25, 0.3) is 16.7 Å². The average Bonchev–Trinajstić information content (AvgIpc) is 3.24. The van der Waals surface area contributed by atoms with Gasteiger partial charge in [-0.1, -0.05) is 25.1 Å². The van der Waals surface area contributed by atoms with Crippen LogP contribution in [0.15, 0.2) is 54.2 Å². The fourth-order valence-corrected chi connectivity index (χ4v) is 4.54. The van der Waals surface area contributed by atoms with Crippen LogP contribution in [0.1, 0.15) is 43.0 Å². The van der Waals surface area contributed by atoms with Crippen molar-refractivity contribution in [2.45, 2.75) is 33.2 Å². The number of carbonyl (C=O) groups excluding carboxylic acids is 2. The van der Waals surface area contributed by atoms with E-state index in [-0.39, 0.29) is 11.3 Å². The maximum absolute atomic E-state index is 13.1. The molecule has 1 unspecified atom stereocenters. The van der Waals surface area contributed by atoms with E-state index in [1.54, 1.807) is 23.1 Å². The van der Waals surface area contributed by atoms with E-state index in [4.69, 9.17) is 4.74 Å². The summed E-state index contributed by atoms with van der Waals surface area (Å²) < 4.78 is 7.58. The zero-order valence-electron chi connectivity index (χ0n) is 18.9. The number of ketones is 1. The van der Waals surface area contributed by atoms with Gasteiger partial charge >= 0.3 is 0 Å². The van der Waals surface area contributed by atoms with Gasteiger partial charge in [0, 0.05) is 41.8 Å². The Labute approximate surface area is 187 Å². The number of aromatic nitrogens is 1. The molecule has 1 aromatic heterocycles. The van der Waals surface area contributed by atoms with Crippen LogP contribution in [0.5, 0.6) is 5.75 Å². The quantitative estimate of drug-likeness (QED) is 0.348. The first-order chi connectivity index (χ1) is 15.4. The number of aliphatic hydroxyl groups is 1. The van der Waals surface area contributed by atoms with Crippen LogP contribution in [0.2, 0.25) is 0 Å². The topological polar surface area (TPSA) is 71.8 Å². The Balaban J connectivity index is 1.93. The van der Waals surface area contributed by atoms with Crippen molar-refractivity contribution in [3.8, 4) is 5.75 Å². The van der Waals surface area contributed by atoms with Crippen LogP contribution < -0.4 is 4.74 Å². The number of benzene rings is 2. The van der Waals surface area contributed by atoms with E-state index in [1.807, 2.05) is 62.8 Å². The third-order valence-electron chi connectivity index (χ3n) is 5.98. The maximum Gasteiger partial charge on any atom is 0.295 e. The first-order valence-electron chi connectivity index (χ1n) is 10.9. The number of Topliss-reactive ketones (excluding diaryl/α,β-unsaturated/α-hetero) is 1. The third kappa shape index (κ3) is 3.45. The smallest absolute Gasteiger partial charge is 0.295 e. The summed E-state index contributed by atoms with van der Waals surface area (Å²) >= 11 is 0. The van der Waals surface area contributed by atoms with Crippen LogP contribution in [0.4, 0.5) is 0 Å². The summed E-state index contributed by atoms with van der Waals surface area (Å²) in [7, 11) is 1.94. The monoisotopic (exact) mass is 432 g/mol. The highest BCUT2D eigenvalue weighted by Crippen LogP contribution is 2.42. The molecule has 0 radical (unpaired) electrons. The van der Waals surface area contributed by atoms with E-state index in [2.05, 4.69) is 0 Å². The molecule has 1 fully saturated rings. The zero-order chi connectivity index (χ0) is 23.0. The Morgan fingerprint density at radius 1 is 1.12 bits per heavy atom. The average molecular weight is 433 g/mol. The maximum atomic E-state index is 13.1. The minimum atomic E-state index is -0.652. The molecular weight excluding hydrogens is 404 g/mol. The van der Waals surface area contributed by atoms with Gasteiger partial charge in [-0.15, -0.1) is 0 Å². The number of aliphatic hydroxyl groups excluding tert-OH is 1. The van der Waals surface area contributed by atoms with Gasteiger partial charge < -0.3 is 19.3 Å². The minimum absolute atomic E-state index is 0.128. The van der Waals surface area contributed by atoms with Crippen LogP contribution in [-0.4, -0.2) is 39.4 Å². The van der Waals surface area contributed by atoms with Crippen LogP contribution >= 0.6 is 0 Å². The second-order valence-corrected chi connectivity index (χ2v) is 8.12. The van der Waals surface area contributed by atoms with Crippen molar-refractivity contribution in [3.05, 3.63) is 70.9 Å². The highest BCUT2D eigenvalue weighted by atomic mass is 16.5. The number of hydrogen-bond acceptors (Lipinski definition) is 4. The van der Waals surface area contributed by atoms with Gasteiger partial charge in [-0.05, 0) is 50.1 Å². The van der Waals surface area contributed by atoms with Crippen molar-refractivity contribution in [1.29, 1.82) is 0 Å². The summed E-state index contributed by atoms with van der Waals surface area (Å²) in [5.41, 5.74) is 3.30. The summed E-state index contributed by atoms with van der Waals surface area (Å²) in [6.45, 7) is 6.73. The first-order valence-corrected chi connectivity index (χ1v) is 10.9. The third-order valence-corrected chi connectivity index (χ3v) is 5.98. The van der Waals surface area contributed by atoms with Gasteiger partial charge in [-0.2, -0.15) is 0 Å². The lowest BCUT2D eigenvalue weighted by Crippen LogP contribution is -2.30. The molecule has 6 nitrogen and oxygen atoms in total. The minimum Gasteiger partial charge on any atom is -0.507 e. The standard InChI is InChI=1S/C26H28N2O4/c1-5-13-28-23(19-15-27(4)20-10-8-7-9-18(19)20)22(25(30)26(28)31)24(29)17-11-12-21(32-6-2)16(3)14-17/h7-12,14-15,23,29H,5-6,13H2,1-4H3/b24-22+. The van der Waals surface area contributed by atoms with Crippen molar-refractivity contribution >= 4 is 28.4 Å². The van der Waals surface area contributed by atoms with Crippen molar-refractivity contribution in [1.82, 2.24) is 9.47 Å². The van der Waals surface area contributed by atoms with Gasteiger partial charge in [0.2, 0.25) is 0 Å². The molecular formula is C26H28N2O4. The normalized spacial score (nSPS) is 18.0. The number of amides is 1. The van der Waals surface area contributed by atoms with Crippen molar-refractivity contribution < 1.29 is 19.4 Å². The predicted octanol–water partition coefficient (Wildman–Crippen LogP) is 4.72. The molecule has 2 heterocycles. The number of ether oxygens (including phenoxy) is 1. The van der Waals surface area contributed by atoms with Gasteiger partial charge in [-0.3, -0.25) is 9.59 Å². The van der Waals surface area contributed by atoms with E-state index in [9.17, 15) is 14.7 Å². The summed E-state index contributed by atoms with van der Waals surface area (Å²) in [5, 5.41) is 12.2. The molecule has 0 saturated carbocycles. The number of carbonyl (C=O) groups is 2. The SMILES string of the molecule is CCCN1C(=O)C(=O)/C(=C(/O)c2ccc(OCC)c(C)c2)C1c1cn(C)c2ccccc12. The molecule has 1 amide bonds. The van der Waals surface area contributed by atoms with Crippen LogP contribution in [0.3, 0.4) is 0 Å². The summed E-state index contributed by atoms with van der Waals surface area (Å²) in [4.78, 5) is 27.7. The molecule has 1 saturated heterocycles. The van der Waals surface area contributed by atoms with E-state index >= 15 is 0 Å². The van der Waals surface area contributed by atoms with E-state index in [1.165, 1.54) is 0 Å². The second-order valence-electron chi connectivity index (χ2n) is 8.12. The lowest BCUT2D eigenvalue weighted by atomic mass is 9.94. The lowest BCUT2D eigenvalue weighted by Gasteiger charge is -2.24. The van der Waals surface area contributed by atoms with Crippen molar-refractivity contribution in [2.75, 3.05) is 13.2 Å². The molecule has 4 rings (SSSR count). The van der Waals surface area contributed by atoms with Crippen LogP contribution in [-0.2, 0) is 16.6 Å². The number of hydrogen-bond donors (Lipinski definition) is 1. The van der Waals surface area contributed by atoms with E-state index in [0.717, 1.165) is 27.8 Å². The fraction of sp³-hybridized carbons (Fsp3) is 0.308. The molecule has 0 spiro atoms. The zero-order valence-corrected chi connectivity index (χ0v) is 18.9. The van der Waals surface area contributed by atoms with Crippen LogP contribution in [0, 0.1) is 6.92 Å². The molecule has 6 heteroatoms. The van der Waals surface area contributed by atoms with Gasteiger partial charge in [-0.25, -0.2) is 0 Å². The summed E-state index contributed by atoms with van der Waals surface area (Å²) in [5.74, 6) is -0.665. The number of rotatable bonds is 6. The number of fused-ring (bicyclic) bond motifs is 1.